The average molecular weight is 388 g/mol. The molecule has 2 N–H and O–H groups in total. The van der Waals surface area contributed by atoms with Crippen LogP contribution in [0.1, 0.15) is 17.3 Å². The molecule has 0 aliphatic heterocycles. The lowest BCUT2D eigenvalue weighted by molar-refractivity contribution is 0.0522. The number of hydrogen-bond acceptors (Lipinski definition) is 5. The van der Waals surface area contributed by atoms with Gasteiger partial charge in [-0.1, -0.05) is 23.4 Å². The summed E-state index contributed by atoms with van der Waals surface area (Å²) in [7, 11) is 0. The number of halogens is 2. The van der Waals surface area contributed by atoms with E-state index < -0.39 is 5.97 Å². The molecule has 0 bridgehead atoms. The zero-order valence-corrected chi connectivity index (χ0v) is 14.3. The van der Waals surface area contributed by atoms with Crippen LogP contribution in [0.5, 0.6) is 0 Å². The molecule has 0 spiro atoms. The van der Waals surface area contributed by atoms with Gasteiger partial charge in [0.2, 0.25) is 0 Å². The molecule has 2 aromatic rings. The number of rotatable bonds is 4. The molecule has 110 valence electrons. The Morgan fingerprint density at radius 2 is 2.24 bits per heavy atom. The molecule has 0 atom stereocenters. The first-order chi connectivity index (χ1) is 10.0. The normalized spacial score (nSPS) is 10.4. The van der Waals surface area contributed by atoms with Crippen molar-refractivity contribution >= 4 is 50.9 Å². The van der Waals surface area contributed by atoms with Crippen molar-refractivity contribution in [2.75, 3.05) is 12.3 Å². The minimum Gasteiger partial charge on any atom is -0.462 e. The van der Waals surface area contributed by atoms with Gasteiger partial charge in [-0.15, -0.1) is 0 Å². The fraction of sp³-hybridized carbons (Fsp3) is 0.143. The van der Waals surface area contributed by atoms with Crippen LogP contribution < -0.4 is 5.73 Å². The molecule has 4 nitrogen and oxygen atoms in total. The molecule has 0 fully saturated rings. The fourth-order valence-corrected chi connectivity index (χ4v) is 3.04. The minimum atomic E-state index is -0.452. The standard InChI is InChI=1S/C14H12BrClN2O2S/c1-2-20-14(19)10-5-9(17)6-11(16)13(10)21-12-4-3-8(15)7-18-12/h3-7H,2,17H2,1H3. The van der Waals surface area contributed by atoms with Gasteiger partial charge < -0.3 is 10.5 Å². The second kappa shape index (κ2) is 7.15. The topological polar surface area (TPSA) is 65.2 Å². The van der Waals surface area contributed by atoms with Gasteiger partial charge in [-0.25, -0.2) is 9.78 Å². The summed E-state index contributed by atoms with van der Waals surface area (Å²) in [5.74, 6) is -0.452. The summed E-state index contributed by atoms with van der Waals surface area (Å²) in [6.07, 6.45) is 1.68. The van der Waals surface area contributed by atoms with Crippen molar-refractivity contribution in [3.63, 3.8) is 0 Å². The van der Waals surface area contributed by atoms with Crippen LogP contribution in [0, 0.1) is 0 Å². The SMILES string of the molecule is CCOC(=O)c1cc(N)cc(Cl)c1Sc1ccc(Br)cn1. The van der Waals surface area contributed by atoms with Crippen molar-refractivity contribution in [1.29, 1.82) is 0 Å². The average Bonchev–Trinajstić information content (AvgIpc) is 2.44. The lowest BCUT2D eigenvalue weighted by Gasteiger charge is -2.11. The maximum absolute atomic E-state index is 12.0. The van der Waals surface area contributed by atoms with Gasteiger partial charge in [0, 0.05) is 21.3 Å². The number of esters is 1. The van der Waals surface area contributed by atoms with Gasteiger partial charge in [0.15, 0.2) is 0 Å². The summed E-state index contributed by atoms with van der Waals surface area (Å²) in [6.45, 7) is 2.03. The Morgan fingerprint density at radius 1 is 1.48 bits per heavy atom. The fourth-order valence-electron chi connectivity index (χ4n) is 1.61. The molecule has 7 heteroatoms. The summed E-state index contributed by atoms with van der Waals surface area (Å²) in [5, 5.41) is 1.11. The molecule has 2 rings (SSSR count). The van der Waals surface area contributed by atoms with Crippen molar-refractivity contribution < 1.29 is 9.53 Å². The molecule has 0 amide bonds. The molecule has 1 aromatic heterocycles. The highest BCUT2D eigenvalue weighted by Crippen LogP contribution is 2.37. The van der Waals surface area contributed by atoms with Crippen molar-refractivity contribution in [3.05, 3.63) is 45.5 Å². The Balaban J connectivity index is 2.41. The van der Waals surface area contributed by atoms with Gasteiger partial charge in [-0.05, 0) is 47.1 Å². The van der Waals surface area contributed by atoms with Crippen molar-refractivity contribution in [2.24, 2.45) is 0 Å². The number of benzene rings is 1. The number of aromatic nitrogens is 1. The maximum Gasteiger partial charge on any atom is 0.339 e. The van der Waals surface area contributed by atoms with Gasteiger partial charge >= 0.3 is 5.97 Å². The third-order valence-electron chi connectivity index (χ3n) is 2.47. The second-order valence-corrected chi connectivity index (χ2v) is 6.37. The van der Waals surface area contributed by atoms with Crippen molar-refractivity contribution in [3.8, 4) is 0 Å². The molecule has 0 aliphatic rings. The third-order valence-corrected chi connectivity index (χ3v) is 4.44. The molecule has 1 heterocycles. The molecule has 0 aliphatic carbocycles. The predicted octanol–water partition coefficient (Wildman–Crippen LogP) is 4.41. The van der Waals surface area contributed by atoms with Crippen molar-refractivity contribution in [2.45, 2.75) is 16.8 Å². The van der Waals surface area contributed by atoms with E-state index in [0.717, 1.165) is 9.50 Å². The Bertz CT molecular complexity index is 665. The highest BCUT2D eigenvalue weighted by Gasteiger charge is 2.18. The van der Waals surface area contributed by atoms with E-state index in [0.29, 0.717) is 21.2 Å². The lowest BCUT2D eigenvalue weighted by Crippen LogP contribution is -2.07. The third kappa shape index (κ3) is 4.12. The number of nitrogens with two attached hydrogens (primary N) is 1. The van der Waals surface area contributed by atoms with Crippen LogP contribution in [0.4, 0.5) is 5.69 Å². The quantitative estimate of drug-likeness (QED) is 0.622. The van der Waals surface area contributed by atoms with Crippen molar-refractivity contribution in [1.82, 2.24) is 4.98 Å². The Hall–Kier alpha value is -1.24. The largest absolute Gasteiger partial charge is 0.462 e. The monoisotopic (exact) mass is 386 g/mol. The second-order valence-electron chi connectivity index (χ2n) is 4.02. The van der Waals surface area contributed by atoms with Crippen LogP contribution in [0.25, 0.3) is 0 Å². The molecular formula is C14H12BrClN2O2S. The summed E-state index contributed by atoms with van der Waals surface area (Å²) in [5.41, 5.74) is 6.51. The lowest BCUT2D eigenvalue weighted by atomic mass is 10.2. The highest BCUT2D eigenvalue weighted by atomic mass is 79.9. The van der Waals surface area contributed by atoms with E-state index in [4.69, 9.17) is 22.1 Å². The van der Waals surface area contributed by atoms with Gasteiger partial charge in [-0.3, -0.25) is 0 Å². The number of nitrogens with zero attached hydrogens (tertiary/aromatic N) is 1. The molecule has 21 heavy (non-hydrogen) atoms. The van der Waals surface area contributed by atoms with Crippen LogP contribution in [0.15, 0.2) is 44.9 Å². The number of nitrogen functional groups attached to an aromatic ring is 1. The van der Waals surface area contributed by atoms with E-state index in [1.165, 1.54) is 11.8 Å². The van der Waals surface area contributed by atoms with Crippen LogP contribution in [-0.2, 0) is 4.74 Å². The zero-order valence-electron chi connectivity index (χ0n) is 11.1. The van der Waals surface area contributed by atoms with Crippen LogP contribution in [0.3, 0.4) is 0 Å². The number of carbonyl (C=O) groups excluding carboxylic acids is 1. The van der Waals surface area contributed by atoms with Gasteiger partial charge in [0.05, 0.1) is 17.2 Å². The summed E-state index contributed by atoms with van der Waals surface area (Å²) < 4.78 is 5.92. The number of pyridine rings is 1. The summed E-state index contributed by atoms with van der Waals surface area (Å²) in [6, 6.07) is 6.86. The molecule has 1 aromatic carbocycles. The van der Waals surface area contributed by atoms with Crippen LogP contribution in [0.2, 0.25) is 5.02 Å². The number of carbonyl (C=O) groups is 1. The molecule has 0 saturated carbocycles. The maximum atomic E-state index is 12.0. The number of hydrogen-bond donors (Lipinski definition) is 1. The zero-order chi connectivity index (χ0) is 15.4. The highest BCUT2D eigenvalue weighted by molar-refractivity contribution is 9.10. The first-order valence-corrected chi connectivity index (χ1v) is 8.05. The molecule has 0 unspecified atom stereocenters. The molecule has 0 saturated heterocycles. The predicted molar refractivity (Wildman–Crippen MR) is 87.9 cm³/mol. The first-order valence-electron chi connectivity index (χ1n) is 6.06. The first kappa shape index (κ1) is 16.1. The van der Waals surface area contributed by atoms with E-state index in [1.807, 2.05) is 12.1 Å². The Morgan fingerprint density at radius 3 is 2.86 bits per heavy atom. The molecule has 0 radical (unpaired) electrons. The van der Waals surface area contributed by atoms with Crippen LogP contribution in [-0.4, -0.2) is 17.6 Å². The van der Waals surface area contributed by atoms with Gasteiger partial charge in [-0.2, -0.15) is 0 Å². The Kier molecular flexibility index (Phi) is 5.50. The summed E-state index contributed by atoms with van der Waals surface area (Å²) >= 11 is 10.8. The van der Waals surface area contributed by atoms with Gasteiger partial charge in [0.1, 0.15) is 5.03 Å². The smallest absolute Gasteiger partial charge is 0.339 e. The van der Waals surface area contributed by atoms with Crippen LogP contribution >= 0.6 is 39.3 Å². The van der Waals surface area contributed by atoms with E-state index in [-0.39, 0.29) is 6.61 Å². The Labute approximate surface area is 140 Å². The van der Waals surface area contributed by atoms with E-state index in [9.17, 15) is 4.79 Å². The number of anilines is 1. The van der Waals surface area contributed by atoms with Gasteiger partial charge in [0.25, 0.3) is 0 Å². The summed E-state index contributed by atoms with van der Waals surface area (Å²) in [4.78, 5) is 16.9. The molecular weight excluding hydrogens is 376 g/mol. The van der Waals surface area contributed by atoms with E-state index >= 15 is 0 Å². The number of ether oxygens (including phenoxy) is 1. The van der Waals surface area contributed by atoms with E-state index in [2.05, 4.69) is 20.9 Å². The van der Waals surface area contributed by atoms with E-state index in [1.54, 1.807) is 25.3 Å². The minimum absolute atomic E-state index is 0.284.